The lowest BCUT2D eigenvalue weighted by molar-refractivity contribution is 0.0698. The first kappa shape index (κ1) is 17.1. The van der Waals surface area contributed by atoms with Gasteiger partial charge in [0.25, 0.3) is 5.91 Å². The van der Waals surface area contributed by atoms with Crippen LogP contribution in [0, 0.1) is 11.8 Å². The molecule has 2 aliphatic rings. The number of hydrogen-bond acceptors (Lipinski definition) is 4. The van der Waals surface area contributed by atoms with Crippen LogP contribution >= 0.6 is 0 Å². The van der Waals surface area contributed by atoms with Crippen LogP contribution in [-0.4, -0.2) is 63.9 Å². The van der Waals surface area contributed by atoms with E-state index in [2.05, 4.69) is 28.9 Å². The van der Waals surface area contributed by atoms with Crippen molar-refractivity contribution >= 4 is 11.7 Å². The summed E-state index contributed by atoms with van der Waals surface area (Å²) in [5.41, 5.74) is 0.738. The first-order chi connectivity index (χ1) is 11.5. The Balaban J connectivity index is 1.72. The van der Waals surface area contributed by atoms with Crippen LogP contribution in [0.3, 0.4) is 0 Å². The van der Waals surface area contributed by atoms with Crippen molar-refractivity contribution in [2.45, 2.75) is 46.1 Å². The normalized spacial score (nSPS) is 22.7. The van der Waals surface area contributed by atoms with Crippen LogP contribution in [0.1, 0.15) is 61.0 Å². The molecular weight excluding hydrogens is 304 g/mol. The van der Waals surface area contributed by atoms with Gasteiger partial charge in [0, 0.05) is 39.1 Å². The van der Waals surface area contributed by atoms with E-state index in [1.54, 1.807) is 6.07 Å². The van der Waals surface area contributed by atoms with Crippen molar-refractivity contribution in [3.63, 3.8) is 0 Å². The van der Waals surface area contributed by atoms with E-state index in [0.29, 0.717) is 23.3 Å². The predicted molar refractivity (Wildman–Crippen MR) is 92.0 cm³/mol. The second kappa shape index (κ2) is 7.05. The maximum atomic E-state index is 12.8. The summed E-state index contributed by atoms with van der Waals surface area (Å²) in [5, 5.41) is 6.67. The third-order valence-electron chi connectivity index (χ3n) is 5.17. The van der Waals surface area contributed by atoms with E-state index in [1.165, 1.54) is 26.3 Å². The second-order valence-corrected chi connectivity index (χ2v) is 7.58. The molecular formula is C18H28N4O2. The molecule has 0 aromatic carbocycles. The predicted octanol–water partition coefficient (Wildman–Crippen LogP) is 2.19. The Morgan fingerprint density at radius 1 is 1.33 bits per heavy atom. The highest BCUT2D eigenvalue weighted by Gasteiger charge is 2.33. The Morgan fingerprint density at radius 3 is 2.67 bits per heavy atom. The largest absolute Gasteiger partial charge is 0.336 e. The third kappa shape index (κ3) is 3.86. The van der Waals surface area contributed by atoms with Crippen LogP contribution in [0.5, 0.6) is 0 Å². The number of carbonyl (C=O) groups is 2. The molecule has 24 heavy (non-hydrogen) atoms. The minimum atomic E-state index is -0.128. The molecule has 1 N–H and O–H groups in total. The summed E-state index contributed by atoms with van der Waals surface area (Å²) in [7, 11) is 0. The number of amides is 1. The van der Waals surface area contributed by atoms with Gasteiger partial charge in [-0.1, -0.05) is 13.8 Å². The fourth-order valence-corrected chi connectivity index (χ4v) is 3.52. The smallest absolute Gasteiger partial charge is 0.271 e. The minimum absolute atomic E-state index is 0.0473. The van der Waals surface area contributed by atoms with Crippen LogP contribution in [0.4, 0.5) is 0 Å². The SMILES string of the molecule is CC(=O)c1cc(C(=O)N2CCCN(CC3CC3)[C@@H](C(C)C)C2)[nH]n1. The summed E-state index contributed by atoms with van der Waals surface area (Å²) in [6.07, 6.45) is 3.70. The summed E-state index contributed by atoms with van der Waals surface area (Å²) in [5.74, 6) is 1.19. The fraction of sp³-hybridized carbons (Fsp3) is 0.722. The van der Waals surface area contributed by atoms with Crippen molar-refractivity contribution in [3.05, 3.63) is 17.5 Å². The lowest BCUT2D eigenvalue weighted by Gasteiger charge is -2.34. The summed E-state index contributed by atoms with van der Waals surface area (Å²) in [6.45, 7) is 9.68. The highest BCUT2D eigenvalue weighted by molar-refractivity contribution is 5.97. The van der Waals surface area contributed by atoms with E-state index < -0.39 is 0 Å². The number of nitrogens with zero attached hydrogens (tertiary/aromatic N) is 3. The average Bonchev–Trinajstić information content (AvgIpc) is 3.25. The number of aromatic amines is 1. The molecule has 2 fully saturated rings. The lowest BCUT2D eigenvalue weighted by Crippen LogP contribution is -2.46. The summed E-state index contributed by atoms with van der Waals surface area (Å²) in [4.78, 5) is 28.7. The molecule has 0 unspecified atom stereocenters. The Labute approximate surface area is 143 Å². The van der Waals surface area contributed by atoms with Crippen molar-refractivity contribution < 1.29 is 9.59 Å². The second-order valence-electron chi connectivity index (χ2n) is 7.58. The first-order valence-corrected chi connectivity index (χ1v) is 9.05. The van der Waals surface area contributed by atoms with Crippen molar-refractivity contribution in [2.24, 2.45) is 11.8 Å². The Hall–Kier alpha value is -1.69. The number of ketones is 1. The monoisotopic (exact) mass is 332 g/mol. The fourth-order valence-electron chi connectivity index (χ4n) is 3.52. The molecule has 1 aromatic heterocycles. The molecule has 3 rings (SSSR count). The quantitative estimate of drug-likeness (QED) is 0.839. The van der Waals surface area contributed by atoms with Gasteiger partial charge in [0.15, 0.2) is 5.78 Å². The van der Waals surface area contributed by atoms with Crippen molar-refractivity contribution in [1.82, 2.24) is 20.0 Å². The summed E-state index contributed by atoms with van der Waals surface area (Å²) >= 11 is 0. The molecule has 6 heteroatoms. The number of carbonyl (C=O) groups excluding carboxylic acids is 2. The molecule has 1 aliphatic carbocycles. The first-order valence-electron chi connectivity index (χ1n) is 9.05. The molecule has 1 saturated carbocycles. The standard InChI is InChI=1S/C18H28N4O2/c1-12(2)17-11-22(8-4-7-21(17)10-14-5-6-14)18(24)16-9-15(13(3)23)19-20-16/h9,12,14,17H,4-8,10-11H2,1-3H3,(H,19,20)/t17-/m1/s1. The Morgan fingerprint density at radius 2 is 2.08 bits per heavy atom. The van der Waals surface area contributed by atoms with E-state index in [-0.39, 0.29) is 11.7 Å². The Kier molecular flexibility index (Phi) is 5.04. The van der Waals surface area contributed by atoms with E-state index in [0.717, 1.165) is 32.0 Å². The van der Waals surface area contributed by atoms with Crippen LogP contribution < -0.4 is 0 Å². The van der Waals surface area contributed by atoms with Gasteiger partial charge < -0.3 is 4.90 Å². The zero-order chi connectivity index (χ0) is 17.3. The average molecular weight is 332 g/mol. The number of nitrogens with one attached hydrogen (secondary N) is 1. The van der Waals surface area contributed by atoms with E-state index in [9.17, 15) is 9.59 Å². The maximum Gasteiger partial charge on any atom is 0.271 e. The van der Waals surface area contributed by atoms with Gasteiger partial charge >= 0.3 is 0 Å². The molecule has 0 bridgehead atoms. The number of H-pyrrole nitrogens is 1. The molecule has 1 saturated heterocycles. The lowest BCUT2D eigenvalue weighted by atomic mass is 10.0. The van der Waals surface area contributed by atoms with Crippen LogP contribution in [0.15, 0.2) is 6.07 Å². The maximum absolute atomic E-state index is 12.8. The molecule has 132 valence electrons. The number of rotatable bonds is 5. The topological polar surface area (TPSA) is 69.3 Å². The van der Waals surface area contributed by atoms with E-state index in [4.69, 9.17) is 0 Å². The van der Waals surface area contributed by atoms with Gasteiger partial charge in [0.1, 0.15) is 11.4 Å². The zero-order valence-corrected chi connectivity index (χ0v) is 14.9. The Bertz CT molecular complexity index is 606. The molecule has 0 radical (unpaired) electrons. The minimum Gasteiger partial charge on any atom is -0.336 e. The van der Waals surface area contributed by atoms with Crippen molar-refractivity contribution in [1.29, 1.82) is 0 Å². The highest BCUT2D eigenvalue weighted by atomic mass is 16.2. The highest BCUT2D eigenvalue weighted by Crippen LogP contribution is 2.32. The van der Waals surface area contributed by atoms with Gasteiger partial charge in [-0.05, 0) is 37.2 Å². The summed E-state index contributed by atoms with van der Waals surface area (Å²) < 4.78 is 0. The molecule has 1 aliphatic heterocycles. The number of aromatic nitrogens is 2. The van der Waals surface area contributed by atoms with Gasteiger partial charge in [-0.3, -0.25) is 19.6 Å². The van der Waals surface area contributed by atoms with Gasteiger partial charge in [-0.15, -0.1) is 0 Å². The van der Waals surface area contributed by atoms with Crippen molar-refractivity contribution in [3.8, 4) is 0 Å². The molecule has 2 heterocycles. The number of hydrogen-bond donors (Lipinski definition) is 1. The van der Waals surface area contributed by atoms with Crippen molar-refractivity contribution in [2.75, 3.05) is 26.2 Å². The van der Waals surface area contributed by atoms with Gasteiger partial charge in [-0.2, -0.15) is 5.10 Å². The van der Waals surface area contributed by atoms with Gasteiger partial charge in [0.05, 0.1) is 0 Å². The van der Waals surface area contributed by atoms with Crippen LogP contribution in [0.2, 0.25) is 0 Å². The van der Waals surface area contributed by atoms with Gasteiger partial charge in [-0.25, -0.2) is 0 Å². The molecule has 1 aromatic rings. The molecule has 1 amide bonds. The molecule has 6 nitrogen and oxygen atoms in total. The zero-order valence-electron chi connectivity index (χ0n) is 14.9. The summed E-state index contributed by atoms with van der Waals surface area (Å²) in [6, 6.07) is 1.97. The number of Topliss-reactive ketones (excluding diaryl/α,β-unsaturated/α-hetero) is 1. The van der Waals surface area contributed by atoms with Gasteiger partial charge in [0.2, 0.25) is 0 Å². The molecule has 0 spiro atoms. The van der Waals surface area contributed by atoms with E-state index in [1.807, 2.05) is 4.90 Å². The van der Waals surface area contributed by atoms with Crippen LogP contribution in [-0.2, 0) is 0 Å². The van der Waals surface area contributed by atoms with E-state index >= 15 is 0 Å². The third-order valence-corrected chi connectivity index (χ3v) is 5.17. The van der Waals surface area contributed by atoms with Crippen LogP contribution in [0.25, 0.3) is 0 Å². The molecule has 1 atom stereocenters.